The summed E-state index contributed by atoms with van der Waals surface area (Å²) in [5.41, 5.74) is 1.28. The van der Waals surface area contributed by atoms with Gasteiger partial charge >= 0.3 is 0 Å². The molecule has 3 heteroatoms. The Morgan fingerprint density at radius 1 is 1.11 bits per heavy atom. The SMILES string of the molecule is Cc1cc(C(C)NCCN(C(C)C)C(C)C)c(C)o1. The minimum absolute atomic E-state index is 0.346. The van der Waals surface area contributed by atoms with Gasteiger partial charge in [-0.3, -0.25) is 4.90 Å². The molecule has 0 aromatic carbocycles. The molecule has 0 saturated heterocycles. The first-order valence-electron chi connectivity index (χ1n) is 7.39. The molecule has 0 aliphatic carbocycles. The van der Waals surface area contributed by atoms with Gasteiger partial charge in [0.2, 0.25) is 0 Å². The predicted molar refractivity (Wildman–Crippen MR) is 81.6 cm³/mol. The van der Waals surface area contributed by atoms with Crippen molar-refractivity contribution in [3.63, 3.8) is 0 Å². The summed E-state index contributed by atoms with van der Waals surface area (Å²) in [7, 11) is 0. The number of nitrogens with one attached hydrogen (secondary N) is 1. The average molecular weight is 266 g/mol. The molecule has 1 rings (SSSR count). The van der Waals surface area contributed by atoms with Crippen LogP contribution in [0.5, 0.6) is 0 Å². The fraction of sp³-hybridized carbons (Fsp3) is 0.750. The topological polar surface area (TPSA) is 28.4 Å². The van der Waals surface area contributed by atoms with Crippen LogP contribution in [0.3, 0.4) is 0 Å². The van der Waals surface area contributed by atoms with Gasteiger partial charge in [0.25, 0.3) is 0 Å². The van der Waals surface area contributed by atoms with E-state index in [1.165, 1.54) is 5.56 Å². The first-order valence-corrected chi connectivity index (χ1v) is 7.39. The molecule has 1 aromatic rings. The third-order valence-electron chi connectivity index (χ3n) is 3.69. The molecule has 0 bridgehead atoms. The highest BCUT2D eigenvalue weighted by molar-refractivity contribution is 5.23. The Balaban J connectivity index is 2.46. The molecular weight excluding hydrogens is 236 g/mol. The van der Waals surface area contributed by atoms with Crippen LogP contribution >= 0.6 is 0 Å². The van der Waals surface area contributed by atoms with Gasteiger partial charge in [-0.1, -0.05) is 0 Å². The van der Waals surface area contributed by atoms with Gasteiger partial charge in [-0.25, -0.2) is 0 Å². The first-order chi connectivity index (χ1) is 8.82. The van der Waals surface area contributed by atoms with E-state index in [4.69, 9.17) is 4.42 Å². The van der Waals surface area contributed by atoms with E-state index >= 15 is 0 Å². The van der Waals surface area contributed by atoms with Gasteiger partial charge < -0.3 is 9.73 Å². The maximum atomic E-state index is 5.59. The lowest BCUT2D eigenvalue weighted by molar-refractivity contribution is 0.174. The van der Waals surface area contributed by atoms with Gasteiger partial charge in [-0.15, -0.1) is 0 Å². The smallest absolute Gasteiger partial charge is 0.105 e. The van der Waals surface area contributed by atoms with Crippen LogP contribution in [0.1, 0.15) is 57.7 Å². The third kappa shape index (κ3) is 4.66. The van der Waals surface area contributed by atoms with E-state index in [0.717, 1.165) is 24.6 Å². The highest BCUT2D eigenvalue weighted by Crippen LogP contribution is 2.20. The fourth-order valence-corrected chi connectivity index (χ4v) is 2.71. The quantitative estimate of drug-likeness (QED) is 0.816. The normalized spacial score (nSPS) is 13.8. The van der Waals surface area contributed by atoms with E-state index in [1.807, 2.05) is 13.8 Å². The molecule has 19 heavy (non-hydrogen) atoms. The number of aryl methyl sites for hydroxylation is 2. The average Bonchev–Trinajstić information content (AvgIpc) is 2.62. The molecule has 0 amide bonds. The molecule has 0 radical (unpaired) electrons. The molecule has 0 fully saturated rings. The summed E-state index contributed by atoms with van der Waals surface area (Å²) in [4.78, 5) is 2.51. The number of nitrogens with zero attached hydrogens (tertiary/aromatic N) is 1. The lowest BCUT2D eigenvalue weighted by Crippen LogP contribution is -2.41. The lowest BCUT2D eigenvalue weighted by atomic mass is 10.1. The van der Waals surface area contributed by atoms with E-state index in [-0.39, 0.29) is 0 Å². The van der Waals surface area contributed by atoms with Crippen LogP contribution in [0.2, 0.25) is 0 Å². The molecule has 0 aliphatic rings. The number of hydrogen-bond donors (Lipinski definition) is 1. The maximum absolute atomic E-state index is 5.59. The van der Waals surface area contributed by atoms with Gasteiger partial charge in [0.05, 0.1) is 0 Å². The van der Waals surface area contributed by atoms with E-state index in [0.29, 0.717) is 18.1 Å². The van der Waals surface area contributed by atoms with Crippen LogP contribution in [-0.4, -0.2) is 30.1 Å². The Bertz CT molecular complexity index is 374. The second-order valence-corrected chi connectivity index (χ2v) is 5.97. The zero-order chi connectivity index (χ0) is 14.6. The van der Waals surface area contributed by atoms with Crippen LogP contribution in [-0.2, 0) is 0 Å². The second-order valence-electron chi connectivity index (χ2n) is 5.97. The van der Waals surface area contributed by atoms with Crippen molar-refractivity contribution in [1.82, 2.24) is 10.2 Å². The minimum Gasteiger partial charge on any atom is -0.466 e. The second kappa shape index (κ2) is 7.11. The summed E-state index contributed by atoms with van der Waals surface area (Å²) in [6.07, 6.45) is 0. The van der Waals surface area contributed by atoms with Crippen molar-refractivity contribution in [1.29, 1.82) is 0 Å². The van der Waals surface area contributed by atoms with Crippen LogP contribution in [0, 0.1) is 13.8 Å². The Morgan fingerprint density at radius 2 is 1.68 bits per heavy atom. The van der Waals surface area contributed by atoms with E-state index in [9.17, 15) is 0 Å². The molecular formula is C16H30N2O. The predicted octanol–water partition coefficient (Wildman–Crippen LogP) is 3.67. The van der Waals surface area contributed by atoms with Crippen LogP contribution in [0.4, 0.5) is 0 Å². The van der Waals surface area contributed by atoms with Gasteiger partial charge in [0.15, 0.2) is 0 Å². The maximum Gasteiger partial charge on any atom is 0.105 e. The van der Waals surface area contributed by atoms with Crippen LogP contribution < -0.4 is 5.32 Å². The molecule has 0 saturated carbocycles. The van der Waals surface area contributed by atoms with Crippen molar-refractivity contribution in [2.75, 3.05) is 13.1 Å². The van der Waals surface area contributed by atoms with Gasteiger partial charge in [0.1, 0.15) is 11.5 Å². The largest absolute Gasteiger partial charge is 0.466 e. The van der Waals surface area contributed by atoms with Gasteiger partial charge in [-0.2, -0.15) is 0 Å². The van der Waals surface area contributed by atoms with E-state index in [2.05, 4.69) is 50.9 Å². The highest BCUT2D eigenvalue weighted by atomic mass is 16.3. The number of furan rings is 1. The Labute approximate surface area is 118 Å². The Kier molecular flexibility index (Phi) is 6.08. The van der Waals surface area contributed by atoms with Gasteiger partial charge in [0, 0.05) is 36.8 Å². The monoisotopic (exact) mass is 266 g/mol. The summed E-state index contributed by atoms with van der Waals surface area (Å²) >= 11 is 0. The van der Waals surface area contributed by atoms with Crippen molar-refractivity contribution < 1.29 is 4.42 Å². The van der Waals surface area contributed by atoms with Gasteiger partial charge in [-0.05, 0) is 54.5 Å². The first kappa shape index (κ1) is 16.3. The molecule has 3 nitrogen and oxygen atoms in total. The summed E-state index contributed by atoms with van der Waals surface area (Å²) in [5.74, 6) is 2.02. The zero-order valence-corrected chi connectivity index (χ0v) is 13.6. The Hall–Kier alpha value is -0.800. The number of rotatable bonds is 7. The molecule has 110 valence electrons. The highest BCUT2D eigenvalue weighted by Gasteiger charge is 2.15. The van der Waals surface area contributed by atoms with E-state index < -0.39 is 0 Å². The molecule has 1 aromatic heterocycles. The lowest BCUT2D eigenvalue weighted by Gasteiger charge is -2.31. The van der Waals surface area contributed by atoms with Crippen molar-refractivity contribution in [3.8, 4) is 0 Å². The molecule has 1 heterocycles. The van der Waals surface area contributed by atoms with Crippen molar-refractivity contribution >= 4 is 0 Å². The van der Waals surface area contributed by atoms with E-state index in [1.54, 1.807) is 0 Å². The van der Waals surface area contributed by atoms with Crippen LogP contribution in [0.15, 0.2) is 10.5 Å². The minimum atomic E-state index is 0.346. The number of hydrogen-bond acceptors (Lipinski definition) is 3. The van der Waals surface area contributed by atoms with Crippen molar-refractivity contribution in [2.24, 2.45) is 0 Å². The standard InChI is InChI=1S/C16H30N2O/c1-11(2)18(12(3)4)9-8-17-14(6)16-10-13(5)19-15(16)7/h10-12,14,17H,8-9H2,1-7H3. The fourth-order valence-electron chi connectivity index (χ4n) is 2.71. The molecule has 0 spiro atoms. The molecule has 1 atom stereocenters. The summed E-state index contributed by atoms with van der Waals surface area (Å²) in [6.45, 7) is 17.3. The van der Waals surface area contributed by atoms with Crippen molar-refractivity contribution in [2.45, 2.75) is 66.6 Å². The summed E-state index contributed by atoms with van der Waals surface area (Å²) in [5, 5.41) is 3.59. The molecule has 1 N–H and O–H groups in total. The Morgan fingerprint density at radius 3 is 2.11 bits per heavy atom. The molecule has 0 aliphatic heterocycles. The van der Waals surface area contributed by atoms with Crippen molar-refractivity contribution in [3.05, 3.63) is 23.2 Å². The summed E-state index contributed by atoms with van der Waals surface area (Å²) < 4.78 is 5.59. The summed E-state index contributed by atoms with van der Waals surface area (Å²) in [6, 6.07) is 3.67. The third-order valence-corrected chi connectivity index (χ3v) is 3.69. The molecule has 1 unspecified atom stereocenters. The van der Waals surface area contributed by atoms with Crippen LogP contribution in [0.25, 0.3) is 0 Å². The zero-order valence-electron chi connectivity index (χ0n) is 13.6.